The van der Waals surface area contributed by atoms with Gasteiger partial charge in [-0.15, -0.1) is 0 Å². The molecule has 0 spiro atoms. The molecule has 0 aromatic heterocycles. The number of carbonyl (C=O) groups excluding carboxylic acids is 2. The van der Waals surface area contributed by atoms with E-state index in [0.717, 1.165) is 17.3 Å². The zero-order valence-electron chi connectivity index (χ0n) is 7.06. The molecule has 4 nitrogen and oxygen atoms in total. The Hall–Kier alpha value is -1.49. The van der Waals surface area contributed by atoms with Crippen molar-refractivity contribution in [1.29, 1.82) is 0 Å². The largest absolute Gasteiger partial charge is 0.508 e. The third-order valence-electron chi connectivity index (χ3n) is 1.88. The number of nitrogens with one attached hydrogen (secondary N) is 1. The number of phenolic OH excluding ortho intramolecular Hbond substituents is 1. The van der Waals surface area contributed by atoms with Gasteiger partial charge in [-0.05, 0) is 29.5 Å². The molecule has 72 valence electrons. The van der Waals surface area contributed by atoms with Gasteiger partial charge in [0.25, 0.3) is 5.24 Å². The number of hydrogen-bond acceptors (Lipinski definition) is 4. The van der Waals surface area contributed by atoms with Gasteiger partial charge in [-0.3, -0.25) is 14.9 Å². The minimum absolute atomic E-state index is 0.142. The number of thioether (sulfide) groups is 1. The van der Waals surface area contributed by atoms with Crippen LogP contribution in [0.5, 0.6) is 5.75 Å². The molecule has 14 heavy (non-hydrogen) atoms. The Morgan fingerprint density at radius 1 is 1.21 bits per heavy atom. The minimum Gasteiger partial charge on any atom is -0.508 e. The second-order valence-electron chi connectivity index (χ2n) is 2.87. The van der Waals surface area contributed by atoms with Crippen molar-refractivity contribution in [3.8, 4) is 5.75 Å². The van der Waals surface area contributed by atoms with Crippen molar-refractivity contribution >= 4 is 22.9 Å². The maximum Gasteiger partial charge on any atom is 0.286 e. The summed E-state index contributed by atoms with van der Waals surface area (Å²) in [5.74, 6) is -0.158. The van der Waals surface area contributed by atoms with Crippen molar-refractivity contribution in [2.75, 3.05) is 0 Å². The monoisotopic (exact) mass is 209 g/mol. The van der Waals surface area contributed by atoms with Crippen LogP contribution in [-0.4, -0.2) is 16.3 Å². The van der Waals surface area contributed by atoms with E-state index in [-0.39, 0.29) is 16.9 Å². The third kappa shape index (κ3) is 1.58. The maximum absolute atomic E-state index is 11.3. The third-order valence-corrected chi connectivity index (χ3v) is 2.92. The Kier molecular flexibility index (Phi) is 2.17. The van der Waals surface area contributed by atoms with E-state index in [1.54, 1.807) is 12.1 Å². The zero-order valence-corrected chi connectivity index (χ0v) is 7.88. The average molecular weight is 209 g/mol. The lowest BCUT2D eigenvalue weighted by Crippen LogP contribution is -2.20. The Balaban J connectivity index is 2.27. The van der Waals surface area contributed by atoms with E-state index in [9.17, 15) is 9.59 Å². The summed E-state index contributed by atoms with van der Waals surface area (Å²) in [5.41, 5.74) is 0.719. The standard InChI is InChI=1S/C9H7NO3S/c11-6-3-1-5(2-4-6)7-8(12)10-9(13)14-7/h1-4,7,11H,(H,10,12,13)/t7-/m0/s1. The van der Waals surface area contributed by atoms with Crippen molar-refractivity contribution < 1.29 is 14.7 Å². The number of phenols is 1. The molecular weight excluding hydrogens is 202 g/mol. The number of carbonyl (C=O) groups is 2. The highest BCUT2D eigenvalue weighted by molar-refractivity contribution is 8.15. The molecule has 2 N–H and O–H groups in total. The second-order valence-corrected chi connectivity index (χ2v) is 3.94. The van der Waals surface area contributed by atoms with E-state index in [4.69, 9.17) is 5.11 Å². The molecule has 0 saturated carbocycles. The van der Waals surface area contributed by atoms with Gasteiger partial charge in [0.15, 0.2) is 0 Å². The first-order valence-corrected chi connectivity index (χ1v) is 4.85. The molecule has 1 aromatic rings. The molecule has 0 bridgehead atoms. The van der Waals surface area contributed by atoms with E-state index >= 15 is 0 Å². The normalized spacial score (nSPS) is 21.0. The number of rotatable bonds is 1. The van der Waals surface area contributed by atoms with E-state index < -0.39 is 5.25 Å². The van der Waals surface area contributed by atoms with Crippen LogP contribution < -0.4 is 5.32 Å². The smallest absolute Gasteiger partial charge is 0.286 e. The van der Waals surface area contributed by atoms with Gasteiger partial charge in [0.2, 0.25) is 5.91 Å². The highest BCUT2D eigenvalue weighted by atomic mass is 32.2. The van der Waals surface area contributed by atoms with Gasteiger partial charge in [-0.2, -0.15) is 0 Å². The first kappa shape index (κ1) is 9.08. The molecule has 1 fully saturated rings. The molecule has 1 aliphatic heterocycles. The summed E-state index contributed by atoms with van der Waals surface area (Å²) in [5, 5.41) is 10.4. The molecule has 0 aliphatic carbocycles. The highest BCUT2D eigenvalue weighted by Gasteiger charge is 2.32. The zero-order chi connectivity index (χ0) is 10.1. The van der Waals surface area contributed by atoms with Crippen LogP contribution in [0.15, 0.2) is 24.3 Å². The molecule has 0 radical (unpaired) electrons. The van der Waals surface area contributed by atoms with Gasteiger partial charge in [0.1, 0.15) is 11.0 Å². The van der Waals surface area contributed by atoms with E-state index in [1.165, 1.54) is 12.1 Å². The Labute approximate surface area is 84.3 Å². The van der Waals surface area contributed by atoms with Crippen molar-refractivity contribution in [1.82, 2.24) is 5.32 Å². The minimum atomic E-state index is -0.483. The van der Waals surface area contributed by atoms with Crippen LogP contribution in [0.3, 0.4) is 0 Å². The summed E-state index contributed by atoms with van der Waals surface area (Å²) in [6, 6.07) is 6.24. The lowest BCUT2D eigenvalue weighted by atomic mass is 10.1. The molecular formula is C9H7NO3S. The Morgan fingerprint density at radius 2 is 1.86 bits per heavy atom. The van der Waals surface area contributed by atoms with Crippen molar-refractivity contribution in [2.24, 2.45) is 0 Å². The first-order valence-electron chi connectivity index (χ1n) is 3.97. The topological polar surface area (TPSA) is 66.4 Å². The average Bonchev–Trinajstić information content (AvgIpc) is 2.47. The van der Waals surface area contributed by atoms with Gasteiger partial charge in [-0.25, -0.2) is 0 Å². The van der Waals surface area contributed by atoms with Crippen molar-refractivity contribution in [3.05, 3.63) is 29.8 Å². The van der Waals surface area contributed by atoms with E-state index in [1.807, 2.05) is 0 Å². The molecule has 1 aromatic carbocycles. The predicted octanol–water partition coefficient (Wildman–Crippen LogP) is 1.42. The molecule has 1 saturated heterocycles. The summed E-state index contributed by atoms with van der Waals surface area (Å²) in [6.07, 6.45) is 0. The van der Waals surface area contributed by atoms with Gasteiger partial charge < -0.3 is 5.11 Å². The summed E-state index contributed by atoms with van der Waals surface area (Å²) in [4.78, 5) is 22.1. The van der Waals surface area contributed by atoms with Gasteiger partial charge >= 0.3 is 0 Å². The quantitative estimate of drug-likeness (QED) is 0.734. The van der Waals surface area contributed by atoms with Crippen LogP contribution in [0.4, 0.5) is 4.79 Å². The molecule has 2 rings (SSSR count). The summed E-state index contributed by atoms with van der Waals surface area (Å²) < 4.78 is 0. The Bertz CT molecular complexity index is 388. The lowest BCUT2D eigenvalue weighted by Gasteiger charge is -2.04. The number of amides is 2. The van der Waals surface area contributed by atoms with Crippen LogP contribution in [0.2, 0.25) is 0 Å². The predicted molar refractivity (Wildman–Crippen MR) is 52.0 cm³/mol. The second kappa shape index (κ2) is 3.34. The molecule has 1 aliphatic rings. The van der Waals surface area contributed by atoms with E-state index in [2.05, 4.69) is 5.32 Å². The fraction of sp³-hybridized carbons (Fsp3) is 0.111. The number of imide groups is 1. The summed E-state index contributed by atoms with van der Waals surface area (Å²) >= 11 is 0.951. The number of benzene rings is 1. The molecule has 0 unspecified atom stereocenters. The van der Waals surface area contributed by atoms with Gasteiger partial charge in [-0.1, -0.05) is 12.1 Å². The van der Waals surface area contributed by atoms with Crippen LogP contribution >= 0.6 is 11.8 Å². The van der Waals surface area contributed by atoms with Gasteiger partial charge in [0.05, 0.1) is 0 Å². The highest BCUT2D eigenvalue weighted by Crippen LogP contribution is 2.34. The fourth-order valence-electron chi connectivity index (χ4n) is 1.22. The SMILES string of the molecule is O=C1NC(=O)[C@H](c2ccc(O)cc2)S1. The van der Waals surface area contributed by atoms with Crippen molar-refractivity contribution in [2.45, 2.75) is 5.25 Å². The molecule has 2 amide bonds. The number of hydrogen-bond donors (Lipinski definition) is 2. The fourth-order valence-corrected chi connectivity index (χ4v) is 2.06. The molecule has 1 heterocycles. The van der Waals surface area contributed by atoms with Crippen LogP contribution in [0.1, 0.15) is 10.8 Å². The van der Waals surface area contributed by atoms with Crippen LogP contribution in [-0.2, 0) is 4.79 Å². The van der Waals surface area contributed by atoms with Crippen LogP contribution in [0.25, 0.3) is 0 Å². The first-order chi connectivity index (χ1) is 6.66. The van der Waals surface area contributed by atoms with Crippen LogP contribution in [0, 0.1) is 0 Å². The lowest BCUT2D eigenvalue weighted by molar-refractivity contribution is -0.119. The molecule has 1 atom stereocenters. The van der Waals surface area contributed by atoms with Gasteiger partial charge in [0, 0.05) is 0 Å². The molecule has 5 heteroatoms. The summed E-state index contributed by atoms with van der Waals surface area (Å²) in [7, 11) is 0. The number of aromatic hydroxyl groups is 1. The summed E-state index contributed by atoms with van der Waals surface area (Å²) in [6.45, 7) is 0. The van der Waals surface area contributed by atoms with Crippen molar-refractivity contribution in [3.63, 3.8) is 0 Å². The van der Waals surface area contributed by atoms with E-state index in [0.29, 0.717) is 0 Å². The Morgan fingerprint density at radius 3 is 2.36 bits per heavy atom. The maximum atomic E-state index is 11.3.